The zero-order valence-corrected chi connectivity index (χ0v) is 9.87. The molecule has 1 saturated heterocycles. The van der Waals surface area contributed by atoms with Crippen molar-refractivity contribution >= 4 is 0 Å². The Labute approximate surface area is 92.8 Å². The number of allylic oxidation sites excluding steroid dienone is 1. The van der Waals surface area contributed by atoms with Gasteiger partial charge in [0.15, 0.2) is 0 Å². The molecule has 1 fully saturated rings. The van der Waals surface area contributed by atoms with Crippen LogP contribution >= 0.6 is 0 Å². The SMILES string of the molecule is CC=CCOCC1CCC(CNCC)O1. The average Bonchev–Trinajstić information content (AvgIpc) is 2.69. The standard InChI is InChI=1S/C12H23NO2/c1-3-5-8-14-10-12-7-6-11(15-12)9-13-4-2/h3,5,11-13H,4,6-10H2,1-2H3. The van der Waals surface area contributed by atoms with E-state index in [-0.39, 0.29) is 0 Å². The third-order valence-corrected chi connectivity index (χ3v) is 2.57. The second kappa shape index (κ2) is 7.85. The van der Waals surface area contributed by atoms with Gasteiger partial charge in [-0.15, -0.1) is 0 Å². The molecule has 1 N–H and O–H groups in total. The van der Waals surface area contributed by atoms with E-state index < -0.39 is 0 Å². The second-order valence-corrected chi connectivity index (χ2v) is 3.87. The number of nitrogens with one attached hydrogen (secondary N) is 1. The Morgan fingerprint density at radius 2 is 2.20 bits per heavy atom. The molecule has 0 aliphatic carbocycles. The lowest BCUT2D eigenvalue weighted by atomic mass is 10.2. The van der Waals surface area contributed by atoms with Gasteiger partial charge in [0.05, 0.1) is 25.4 Å². The zero-order chi connectivity index (χ0) is 10.9. The summed E-state index contributed by atoms with van der Waals surface area (Å²) in [6, 6.07) is 0. The van der Waals surface area contributed by atoms with E-state index in [2.05, 4.69) is 12.2 Å². The fourth-order valence-corrected chi connectivity index (χ4v) is 1.72. The molecular formula is C12H23NO2. The molecule has 0 spiro atoms. The van der Waals surface area contributed by atoms with E-state index in [1.807, 2.05) is 19.1 Å². The van der Waals surface area contributed by atoms with Crippen LogP contribution in [-0.2, 0) is 9.47 Å². The van der Waals surface area contributed by atoms with Gasteiger partial charge in [-0.05, 0) is 26.3 Å². The third kappa shape index (κ3) is 5.30. The Bertz CT molecular complexity index is 182. The van der Waals surface area contributed by atoms with E-state index in [1.54, 1.807) is 0 Å². The number of hydrogen-bond acceptors (Lipinski definition) is 3. The molecule has 2 atom stereocenters. The van der Waals surface area contributed by atoms with Gasteiger partial charge in [0, 0.05) is 6.54 Å². The number of rotatable bonds is 7. The molecule has 3 nitrogen and oxygen atoms in total. The van der Waals surface area contributed by atoms with Gasteiger partial charge in [-0.25, -0.2) is 0 Å². The lowest BCUT2D eigenvalue weighted by molar-refractivity contribution is -0.00793. The van der Waals surface area contributed by atoms with Gasteiger partial charge < -0.3 is 14.8 Å². The van der Waals surface area contributed by atoms with Crippen LogP contribution in [0.1, 0.15) is 26.7 Å². The maximum absolute atomic E-state index is 5.83. The maximum Gasteiger partial charge on any atom is 0.0814 e. The minimum absolute atomic E-state index is 0.305. The predicted molar refractivity (Wildman–Crippen MR) is 62.1 cm³/mol. The second-order valence-electron chi connectivity index (χ2n) is 3.87. The summed E-state index contributed by atoms with van der Waals surface area (Å²) in [7, 11) is 0. The summed E-state index contributed by atoms with van der Waals surface area (Å²) in [6.45, 7) is 7.54. The normalized spacial score (nSPS) is 26.5. The fraction of sp³-hybridized carbons (Fsp3) is 0.833. The Morgan fingerprint density at radius 1 is 1.40 bits per heavy atom. The first kappa shape index (κ1) is 12.7. The Balaban J connectivity index is 2.03. The van der Waals surface area contributed by atoms with Crippen LogP contribution in [0, 0.1) is 0 Å². The van der Waals surface area contributed by atoms with Crippen LogP contribution in [-0.4, -0.2) is 38.5 Å². The fourth-order valence-electron chi connectivity index (χ4n) is 1.72. The maximum atomic E-state index is 5.83. The van der Waals surface area contributed by atoms with Gasteiger partial charge in [-0.3, -0.25) is 0 Å². The molecule has 2 unspecified atom stereocenters. The van der Waals surface area contributed by atoms with Gasteiger partial charge >= 0.3 is 0 Å². The quantitative estimate of drug-likeness (QED) is 0.516. The molecule has 0 amide bonds. The van der Waals surface area contributed by atoms with E-state index in [0.29, 0.717) is 18.8 Å². The van der Waals surface area contributed by atoms with Gasteiger partial charge in [0.25, 0.3) is 0 Å². The van der Waals surface area contributed by atoms with Gasteiger partial charge in [-0.1, -0.05) is 19.1 Å². The van der Waals surface area contributed by atoms with E-state index in [1.165, 1.54) is 0 Å². The molecule has 0 radical (unpaired) electrons. The highest BCUT2D eigenvalue weighted by Gasteiger charge is 2.24. The molecule has 1 aliphatic rings. The zero-order valence-electron chi connectivity index (χ0n) is 9.87. The van der Waals surface area contributed by atoms with E-state index >= 15 is 0 Å². The number of ether oxygens (including phenoxy) is 2. The van der Waals surface area contributed by atoms with Crippen molar-refractivity contribution in [1.82, 2.24) is 5.32 Å². The topological polar surface area (TPSA) is 30.5 Å². The lowest BCUT2D eigenvalue weighted by Crippen LogP contribution is -2.27. The molecule has 0 saturated carbocycles. The summed E-state index contributed by atoms with van der Waals surface area (Å²) in [5.41, 5.74) is 0. The highest BCUT2D eigenvalue weighted by Crippen LogP contribution is 2.19. The highest BCUT2D eigenvalue weighted by atomic mass is 16.5. The van der Waals surface area contributed by atoms with Crippen molar-refractivity contribution in [3.8, 4) is 0 Å². The van der Waals surface area contributed by atoms with Gasteiger partial charge in [0.2, 0.25) is 0 Å². The van der Waals surface area contributed by atoms with Crippen LogP contribution in [0.2, 0.25) is 0 Å². The lowest BCUT2D eigenvalue weighted by Gasteiger charge is -2.13. The first-order valence-electron chi connectivity index (χ1n) is 5.91. The van der Waals surface area contributed by atoms with Gasteiger partial charge in [-0.2, -0.15) is 0 Å². The monoisotopic (exact) mass is 213 g/mol. The van der Waals surface area contributed by atoms with Crippen LogP contribution < -0.4 is 5.32 Å². The Kier molecular flexibility index (Phi) is 6.64. The molecular weight excluding hydrogens is 190 g/mol. The average molecular weight is 213 g/mol. The number of likely N-dealkylation sites (N-methyl/N-ethyl adjacent to an activating group) is 1. The molecule has 0 aromatic heterocycles. The van der Waals surface area contributed by atoms with Crippen molar-refractivity contribution in [2.75, 3.05) is 26.3 Å². The summed E-state index contributed by atoms with van der Waals surface area (Å²) in [4.78, 5) is 0. The van der Waals surface area contributed by atoms with Crippen molar-refractivity contribution in [1.29, 1.82) is 0 Å². The molecule has 0 aromatic carbocycles. The minimum Gasteiger partial charge on any atom is -0.375 e. The smallest absolute Gasteiger partial charge is 0.0814 e. The molecule has 1 heterocycles. The third-order valence-electron chi connectivity index (χ3n) is 2.57. The van der Waals surface area contributed by atoms with Crippen molar-refractivity contribution in [3.63, 3.8) is 0 Å². The summed E-state index contributed by atoms with van der Waals surface area (Å²) >= 11 is 0. The molecule has 3 heteroatoms. The summed E-state index contributed by atoms with van der Waals surface area (Å²) in [6.07, 6.45) is 7.00. The molecule has 0 aromatic rings. The summed E-state index contributed by atoms with van der Waals surface area (Å²) in [5, 5.41) is 3.31. The highest BCUT2D eigenvalue weighted by molar-refractivity contribution is 4.78. The Morgan fingerprint density at radius 3 is 2.93 bits per heavy atom. The summed E-state index contributed by atoms with van der Waals surface area (Å²) < 4.78 is 11.3. The molecule has 1 rings (SSSR count). The number of hydrogen-bond donors (Lipinski definition) is 1. The van der Waals surface area contributed by atoms with Crippen molar-refractivity contribution in [3.05, 3.63) is 12.2 Å². The van der Waals surface area contributed by atoms with Gasteiger partial charge in [0.1, 0.15) is 0 Å². The molecule has 15 heavy (non-hydrogen) atoms. The van der Waals surface area contributed by atoms with Crippen LogP contribution in [0.25, 0.3) is 0 Å². The van der Waals surface area contributed by atoms with E-state index in [9.17, 15) is 0 Å². The van der Waals surface area contributed by atoms with Crippen LogP contribution in [0.3, 0.4) is 0 Å². The Hall–Kier alpha value is -0.380. The van der Waals surface area contributed by atoms with Crippen molar-refractivity contribution in [2.45, 2.75) is 38.9 Å². The largest absolute Gasteiger partial charge is 0.375 e. The van der Waals surface area contributed by atoms with Crippen molar-refractivity contribution in [2.24, 2.45) is 0 Å². The first-order valence-corrected chi connectivity index (χ1v) is 5.91. The first-order chi connectivity index (χ1) is 7.36. The van der Waals surface area contributed by atoms with Crippen LogP contribution in [0.5, 0.6) is 0 Å². The van der Waals surface area contributed by atoms with E-state index in [0.717, 1.165) is 32.5 Å². The minimum atomic E-state index is 0.305. The van der Waals surface area contributed by atoms with E-state index in [4.69, 9.17) is 9.47 Å². The summed E-state index contributed by atoms with van der Waals surface area (Å²) in [5.74, 6) is 0. The molecule has 1 aliphatic heterocycles. The molecule has 88 valence electrons. The predicted octanol–water partition coefficient (Wildman–Crippen LogP) is 1.74. The van der Waals surface area contributed by atoms with Crippen molar-refractivity contribution < 1.29 is 9.47 Å². The molecule has 0 bridgehead atoms. The van der Waals surface area contributed by atoms with Crippen LogP contribution in [0.15, 0.2) is 12.2 Å². The van der Waals surface area contributed by atoms with Crippen LogP contribution in [0.4, 0.5) is 0 Å².